The Bertz CT molecular complexity index is 619. The van der Waals surface area contributed by atoms with Crippen LogP contribution in [0.1, 0.15) is 12.8 Å². The zero-order valence-electron chi connectivity index (χ0n) is 13.7. The van der Waals surface area contributed by atoms with Crippen LogP contribution < -0.4 is 14.5 Å². The Balaban J connectivity index is 1.60. The largest absolute Gasteiger partial charge is 0.477 e. The molecular formula is C17H23N5O. The van der Waals surface area contributed by atoms with Crippen LogP contribution in [0, 0.1) is 5.92 Å². The van der Waals surface area contributed by atoms with Gasteiger partial charge in [0.2, 0.25) is 11.8 Å². The molecule has 2 aromatic rings. The van der Waals surface area contributed by atoms with Gasteiger partial charge in [0.15, 0.2) is 0 Å². The molecule has 0 radical (unpaired) electrons. The Morgan fingerprint density at radius 3 is 2.91 bits per heavy atom. The minimum Gasteiger partial charge on any atom is -0.477 e. The Hall–Kier alpha value is -2.37. The summed E-state index contributed by atoms with van der Waals surface area (Å²) in [7, 11) is 3.98. The topological polar surface area (TPSA) is 54.4 Å². The van der Waals surface area contributed by atoms with Crippen LogP contribution in [0.5, 0.6) is 5.88 Å². The molecule has 0 aliphatic carbocycles. The Labute approximate surface area is 137 Å². The van der Waals surface area contributed by atoms with Gasteiger partial charge >= 0.3 is 0 Å². The molecule has 1 saturated heterocycles. The van der Waals surface area contributed by atoms with Crippen molar-refractivity contribution in [3.63, 3.8) is 0 Å². The smallest absolute Gasteiger partial charge is 0.227 e. The van der Waals surface area contributed by atoms with Crippen molar-refractivity contribution in [3.05, 3.63) is 36.7 Å². The first-order chi connectivity index (χ1) is 11.2. The quantitative estimate of drug-likeness (QED) is 0.844. The molecule has 0 spiro atoms. The van der Waals surface area contributed by atoms with Crippen molar-refractivity contribution in [2.75, 3.05) is 43.6 Å². The summed E-state index contributed by atoms with van der Waals surface area (Å²) in [6.45, 7) is 2.60. The van der Waals surface area contributed by atoms with Crippen LogP contribution in [0.4, 0.5) is 11.8 Å². The van der Waals surface area contributed by atoms with Crippen molar-refractivity contribution in [1.29, 1.82) is 0 Å². The summed E-state index contributed by atoms with van der Waals surface area (Å²) in [5.41, 5.74) is 0. The second kappa shape index (κ2) is 7.26. The monoisotopic (exact) mass is 313 g/mol. The van der Waals surface area contributed by atoms with E-state index >= 15 is 0 Å². The van der Waals surface area contributed by atoms with Crippen molar-refractivity contribution < 1.29 is 4.74 Å². The first kappa shape index (κ1) is 15.5. The van der Waals surface area contributed by atoms with Gasteiger partial charge in [-0.05, 0) is 25.0 Å². The number of hydrogen-bond donors (Lipinski definition) is 0. The molecule has 1 atom stereocenters. The van der Waals surface area contributed by atoms with Crippen LogP contribution in [0.25, 0.3) is 0 Å². The van der Waals surface area contributed by atoms with Gasteiger partial charge in [-0.1, -0.05) is 6.07 Å². The van der Waals surface area contributed by atoms with E-state index in [2.05, 4.69) is 19.9 Å². The molecule has 2 aromatic heterocycles. The standard InChI is InChI=1S/C17H23N5O/c1-21(2)15-8-10-19-17(20-15)22-11-5-6-14(12-22)13-23-16-7-3-4-9-18-16/h3-4,7-10,14H,5-6,11-13H2,1-2H3. The lowest BCUT2D eigenvalue weighted by Gasteiger charge is -2.32. The SMILES string of the molecule is CN(C)c1ccnc(N2CCCC(COc3ccccn3)C2)n1. The van der Waals surface area contributed by atoms with Gasteiger partial charge in [-0.25, -0.2) is 9.97 Å². The van der Waals surface area contributed by atoms with Gasteiger partial charge in [-0.2, -0.15) is 4.98 Å². The maximum atomic E-state index is 5.80. The van der Waals surface area contributed by atoms with Gasteiger partial charge in [-0.3, -0.25) is 0 Å². The van der Waals surface area contributed by atoms with E-state index in [0.717, 1.165) is 37.7 Å². The fourth-order valence-electron chi connectivity index (χ4n) is 2.76. The molecule has 3 heterocycles. The van der Waals surface area contributed by atoms with Gasteiger partial charge in [0.05, 0.1) is 6.61 Å². The molecule has 3 rings (SSSR count). The Kier molecular flexibility index (Phi) is 4.90. The number of pyridine rings is 1. The number of rotatable bonds is 5. The number of ether oxygens (including phenoxy) is 1. The van der Waals surface area contributed by atoms with E-state index in [0.29, 0.717) is 18.4 Å². The minimum atomic E-state index is 0.470. The van der Waals surface area contributed by atoms with Gasteiger partial charge in [-0.15, -0.1) is 0 Å². The molecule has 0 saturated carbocycles. The van der Waals surface area contributed by atoms with Gasteiger partial charge in [0, 0.05) is 51.6 Å². The maximum Gasteiger partial charge on any atom is 0.227 e. The van der Waals surface area contributed by atoms with Gasteiger partial charge in [0.1, 0.15) is 5.82 Å². The normalized spacial score (nSPS) is 17.8. The molecular weight excluding hydrogens is 290 g/mol. The van der Waals surface area contributed by atoms with Gasteiger partial charge < -0.3 is 14.5 Å². The van der Waals surface area contributed by atoms with E-state index in [9.17, 15) is 0 Å². The number of hydrogen-bond acceptors (Lipinski definition) is 6. The molecule has 1 unspecified atom stereocenters. The number of nitrogens with zero attached hydrogens (tertiary/aromatic N) is 5. The van der Waals surface area contributed by atoms with Gasteiger partial charge in [0.25, 0.3) is 0 Å². The zero-order chi connectivity index (χ0) is 16.1. The molecule has 1 fully saturated rings. The Morgan fingerprint density at radius 2 is 2.13 bits per heavy atom. The highest BCUT2D eigenvalue weighted by Crippen LogP contribution is 2.22. The highest BCUT2D eigenvalue weighted by molar-refractivity contribution is 5.42. The molecule has 6 heteroatoms. The molecule has 0 N–H and O–H groups in total. The third-order valence-corrected chi connectivity index (χ3v) is 3.99. The zero-order valence-corrected chi connectivity index (χ0v) is 13.7. The third kappa shape index (κ3) is 4.09. The number of piperidine rings is 1. The predicted octanol–water partition coefficient (Wildman–Crippen LogP) is 2.23. The van der Waals surface area contributed by atoms with Crippen molar-refractivity contribution >= 4 is 11.8 Å². The van der Waals surface area contributed by atoms with Crippen molar-refractivity contribution in [2.45, 2.75) is 12.8 Å². The second-order valence-corrected chi connectivity index (χ2v) is 6.04. The summed E-state index contributed by atoms with van der Waals surface area (Å²) in [6, 6.07) is 7.65. The van der Waals surface area contributed by atoms with Crippen molar-refractivity contribution in [1.82, 2.24) is 15.0 Å². The minimum absolute atomic E-state index is 0.470. The van der Waals surface area contributed by atoms with Crippen LogP contribution >= 0.6 is 0 Å². The first-order valence-electron chi connectivity index (χ1n) is 8.01. The lowest BCUT2D eigenvalue weighted by molar-refractivity contribution is 0.221. The maximum absolute atomic E-state index is 5.80. The van der Waals surface area contributed by atoms with Crippen LogP contribution in [-0.4, -0.2) is 48.7 Å². The van der Waals surface area contributed by atoms with E-state index in [1.165, 1.54) is 0 Å². The summed E-state index contributed by atoms with van der Waals surface area (Å²) < 4.78 is 5.80. The van der Waals surface area contributed by atoms with E-state index < -0.39 is 0 Å². The lowest BCUT2D eigenvalue weighted by Crippen LogP contribution is -2.38. The van der Waals surface area contributed by atoms with E-state index in [1.807, 2.05) is 49.5 Å². The molecule has 1 aliphatic heterocycles. The van der Waals surface area contributed by atoms with Crippen LogP contribution in [0.3, 0.4) is 0 Å². The molecule has 23 heavy (non-hydrogen) atoms. The average Bonchev–Trinajstić information content (AvgIpc) is 2.61. The molecule has 122 valence electrons. The third-order valence-electron chi connectivity index (χ3n) is 3.99. The van der Waals surface area contributed by atoms with E-state index in [1.54, 1.807) is 6.20 Å². The number of anilines is 2. The first-order valence-corrected chi connectivity index (χ1v) is 8.01. The Morgan fingerprint density at radius 1 is 1.22 bits per heavy atom. The summed E-state index contributed by atoms with van der Waals surface area (Å²) >= 11 is 0. The molecule has 0 aromatic carbocycles. The molecule has 6 nitrogen and oxygen atoms in total. The lowest BCUT2D eigenvalue weighted by atomic mass is 9.99. The average molecular weight is 313 g/mol. The fourth-order valence-corrected chi connectivity index (χ4v) is 2.76. The van der Waals surface area contributed by atoms with Crippen LogP contribution in [-0.2, 0) is 0 Å². The second-order valence-electron chi connectivity index (χ2n) is 6.04. The highest BCUT2D eigenvalue weighted by atomic mass is 16.5. The fraction of sp³-hybridized carbons (Fsp3) is 0.471. The van der Waals surface area contributed by atoms with Crippen LogP contribution in [0.2, 0.25) is 0 Å². The summed E-state index contributed by atoms with van der Waals surface area (Å²) in [5, 5.41) is 0. The van der Waals surface area contributed by atoms with Crippen molar-refractivity contribution in [3.8, 4) is 5.88 Å². The van der Waals surface area contributed by atoms with Crippen LogP contribution in [0.15, 0.2) is 36.7 Å². The molecule has 0 bridgehead atoms. The molecule has 1 aliphatic rings. The summed E-state index contributed by atoms with van der Waals surface area (Å²) in [4.78, 5) is 17.5. The van der Waals surface area contributed by atoms with Crippen molar-refractivity contribution in [2.24, 2.45) is 5.92 Å². The van der Waals surface area contributed by atoms with E-state index in [4.69, 9.17) is 4.74 Å². The molecule has 0 amide bonds. The number of aromatic nitrogens is 3. The summed E-state index contributed by atoms with van der Waals surface area (Å²) in [5.74, 6) is 2.90. The predicted molar refractivity (Wildman–Crippen MR) is 91.0 cm³/mol. The summed E-state index contributed by atoms with van der Waals surface area (Å²) in [6.07, 6.45) is 5.87. The van der Waals surface area contributed by atoms with E-state index in [-0.39, 0.29) is 0 Å². The highest BCUT2D eigenvalue weighted by Gasteiger charge is 2.22.